The summed E-state index contributed by atoms with van der Waals surface area (Å²) in [4.78, 5) is 23.9. The molecule has 0 atom stereocenters. The van der Waals surface area contributed by atoms with E-state index in [2.05, 4.69) is 5.32 Å². The molecule has 0 aliphatic rings. The minimum atomic E-state index is -0.639. The summed E-state index contributed by atoms with van der Waals surface area (Å²) in [5.74, 6) is -0.0629. The van der Waals surface area contributed by atoms with Crippen LogP contribution in [0.25, 0.3) is 10.8 Å². The molecule has 0 radical (unpaired) electrons. The quantitative estimate of drug-likeness (QED) is 0.603. The van der Waals surface area contributed by atoms with E-state index in [1.807, 2.05) is 49.4 Å². The molecule has 0 bridgehead atoms. The number of rotatable bonds is 8. The SMILES string of the molecule is CCOc1ccccc1OCC(=O)OCC(=O)Nc1ccc2ccccc2c1. The maximum absolute atomic E-state index is 12.0. The Balaban J connectivity index is 1.47. The zero-order valence-corrected chi connectivity index (χ0v) is 15.5. The van der Waals surface area contributed by atoms with E-state index >= 15 is 0 Å². The Morgan fingerprint density at radius 3 is 2.25 bits per heavy atom. The monoisotopic (exact) mass is 379 g/mol. The van der Waals surface area contributed by atoms with Crippen LogP contribution in [-0.2, 0) is 14.3 Å². The standard InChI is InChI=1S/C22H21NO5/c1-2-26-19-9-5-6-10-20(19)27-15-22(25)28-14-21(24)23-18-12-11-16-7-3-4-8-17(16)13-18/h3-13H,2,14-15H2,1H3,(H,23,24). The Bertz CT molecular complexity index is 970. The largest absolute Gasteiger partial charge is 0.490 e. The summed E-state index contributed by atoms with van der Waals surface area (Å²) < 4.78 is 15.8. The van der Waals surface area contributed by atoms with Crippen molar-refractivity contribution in [1.29, 1.82) is 0 Å². The number of para-hydroxylation sites is 2. The molecule has 0 fully saturated rings. The topological polar surface area (TPSA) is 73.9 Å². The van der Waals surface area contributed by atoms with E-state index in [1.165, 1.54) is 0 Å². The summed E-state index contributed by atoms with van der Waals surface area (Å²) in [5.41, 5.74) is 0.640. The van der Waals surface area contributed by atoms with Crippen LogP contribution < -0.4 is 14.8 Å². The molecule has 6 heteroatoms. The lowest BCUT2D eigenvalue weighted by Gasteiger charge is -2.11. The number of hydrogen-bond donors (Lipinski definition) is 1. The van der Waals surface area contributed by atoms with Gasteiger partial charge in [0.25, 0.3) is 5.91 Å². The molecule has 6 nitrogen and oxygen atoms in total. The summed E-state index contributed by atoms with van der Waals surface area (Å²) in [6.45, 7) is 1.65. The first-order chi connectivity index (χ1) is 13.7. The number of amides is 1. The lowest BCUT2D eigenvalue weighted by Crippen LogP contribution is -2.23. The normalized spacial score (nSPS) is 10.3. The van der Waals surface area contributed by atoms with Crippen LogP contribution in [0.3, 0.4) is 0 Å². The number of ether oxygens (including phenoxy) is 3. The van der Waals surface area contributed by atoms with Crippen molar-refractivity contribution < 1.29 is 23.8 Å². The zero-order valence-electron chi connectivity index (χ0n) is 15.5. The van der Waals surface area contributed by atoms with Gasteiger partial charge in [-0.2, -0.15) is 0 Å². The molecule has 0 aliphatic carbocycles. The molecular weight excluding hydrogens is 358 g/mol. The second kappa shape index (κ2) is 9.41. The van der Waals surface area contributed by atoms with E-state index in [4.69, 9.17) is 14.2 Å². The third-order valence-corrected chi connectivity index (χ3v) is 3.89. The molecule has 3 aromatic rings. The summed E-state index contributed by atoms with van der Waals surface area (Å²) in [5, 5.41) is 4.80. The first kappa shape index (κ1) is 19.2. The van der Waals surface area contributed by atoms with Crippen LogP contribution in [0.2, 0.25) is 0 Å². The van der Waals surface area contributed by atoms with Crippen molar-refractivity contribution in [1.82, 2.24) is 0 Å². The molecule has 0 spiro atoms. The summed E-state index contributed by atoms with van der Waals surface area (Å²) in [7, 11) is 0. The molecule has 144 valence electrons. The van der Waals surface area contributed by atoms with Gasteiger partial charge < -0.3 is 19.5 Å². The number of hydrogen-bond acceptors (Lipinski definition) is 5. The molecule has 1 N–H and O–H groups in total. The fraction of sp³-hybridized carbons (Fsp3) is 0.182. The van der Waals surface area contributed by atoms with Crippen LogP contribution in [0.15, 0.2) is 66.7 Å². The predicted octanol–water partition coefficient (Wildman–Crippen LogP) is 3.80. The molecular formula is C22H21NO5. The van der Waals surface area contributed by atoms with Gasteiger partial charge in [0.1, 0.15) is 0 Å². The Hall–Kier alpha value is -3.54. The molecule has 0 saturated heterocycles. The number of carbonyl (C=O) groups is 2. The molecule has 3 aromatic carbocycles. The van der Waals surface area contributed by atoms with Gasteiger partial charge in [0, 0.05) is 5.69 Å². The molecule has 0 unspecified atom stereocenters. The van der Waals surface area contributed by atoms with Crippen LogP contribution >= 0.6 is 0 Å². The van der Waals surface area contributed by atoms with Crippen LogP contribution in [0, 0.1) is 0 Å². The Morgan fingerprint density at radius 1 is 0.821 bits per heavy atom. The first-order valence-electron chi connectivity index (χ1n) is 8.94. The highest BCUT2D eigenvalue weighted by molar-refractivity contribution is 5.95. The smallest absolute Gasteiger partial charge is 0.344 e. The van der Waals surface area contributed by atoms with Crippen molar-refractivity contribution in [3.05, 3.63) is 66.7 Å². The highest BCUT2D eigenvalue weighted by Gasteiger charge is 2.11. The van der Waals surface area contributed by atoms with Crippen molar-refractivity contribution in [2.75, 3.05) is 25.1 Å². The molecule has 3 rings (SSSR count). The molecule has 0 saturated carbocycles. The Kier molecular flexibility index (Phi) is 6.46. The summed E-state index contributed by atoms with van der Waals surface area (Å²) in [6, 6.07) is 20.5. The highest BCUT2D eigenvalue weighted by atomic mass is 16.6. The van der Waals surface area contributed by atoms with E-state index in [9.17, 15) is 9.59 Å². The molecule has 28 heavy (non-hydrogen) atoms. The van der Waals surface area contributed by atoms with Crippen LogP contribution in [-0.4, -0.2) is 31.7 Å². The lowest BCUT2D eigenvalue weighted by molar-refractivity contribution is -0.149. The third kappa shape index (κ3) is 5.23. The number of carbonyl (C=O) groups excluding carboxylic acids is 2. The number of benzene rings is 3. The average Bonchev–Trinajstić information content (AvgIpc) is 2.72. The van der Waals surface area contributed by atoms with Crippen molar-refractivity contribution >= 4 is 28.3 Å². The number of esters is 1. The number of fused-ring (bicyclic) bond motifs is 1. The van der Waals surface area contributed by atoms with Gasteiger partial charge in [-0.15, -0.1) is 0 Å². The molecule has 0 aliphatic heterocycles. The second-order valence-corrected chi connectivity index (χ2v) is 5.94. The maximum atomic E-state index is 12.0. The summed E-state index contributed by atoms with van der Waals surface area (Å²) >= 11 is 0. The Labute approximate surface area is 163 Å². The van der Waals surface area contributed by atoms with Crippen molar-refractivity contribution in [3.63, 3.8) is 0 Å². The van der Waals surface area contributed by atoms with Crippen LogP contribution in [0.5, 0.6) is 11.5 Å². The van der Waals surface area contributed by atoms with E-state index in [0.717, 1.165) is 10.8 Å². The second-order valence-electron chi connectivity index (χ2n) is 5.94. The van der Waals surface area contributed by atoms with Crippen LogP contribution in [0.1, 0.15) is 6.92 Å². The van der Waals surface area contributed by atoms with E-state index in [-0.39, 0.29) is 13.2 Å². The van der Waals surface area contributed by atoms with Crippen molar-refractivity contribution in [2.45, 2.75) is 6.92 Å². The van der Waals surface area contributed by atoms with Crippen molar-refractivity contribution in [2.24, 2.45) is 0 Å². The van der Waals surface area contributed by atoms with Gasteiger partial charge in [-0.05, 0) is 42.0 Å². The van der Waals surface area contributed by atoms with Crippen LogP contribution in [0.4, 0.5) is 5.69 Å². The average molecular weight is 379 g/mol. The third-order valence-electron chi connectivity index (χ3n) is 3.89. The van der Waals surface area contributed by atoms with E-state index < -0.39 is 11.9 Å². The fourth-order valence-electron chi connectivity index (χ4n) is 2.63. The minimum Gasteiger partial charge on any atom is -0.490 e. The van der Waals surface area contributed by atoms with Gasteiger partial charge in [-0.25, -0.2) is 4.79 Å². The fourth-order valence-corrected chi connectivity index (χ4v) is 2.63. The van der Waals surface area contributed by atoms with Gasteiger partial charge in [-0.1, -0.05) is 42.5 Å². The van der Waals surface area contributed by atoms with Gasteiger partial charge >= 0.3 is 5.97 Å². The van der Waals surface area contributed by atoms with Gasteiger partial charge in [0.2, 0.25) is 0 Å². The van der Waals surface area contributed by atoms with Gasteiger partial charge in [-0.3, -0.25) is 4.79 Å². The summed E-state index contributed by atoms with van der Waals surface area (Å²) in [6.07, 6.45) is 0. The van der Waals surface area contributed by atoms with Crippen molar-refractivity contribution in [3.8, 4) is 11.5 Å². The number of anilines is 1. The highest BCUT2D eigenvalue weighted by Crippen LogP contribution is 2.26. The molecule has 1 amide bonds. The molecule has 0 aromatic heterocycles. The van der Waals surface area contributed by atoms with Gasteiger partial charge in [0.15, 0.2) is 24.7 Å². The lowest BCUT2D eigenvalue weighted by atomic mass is 10.1. The maximum Gasteiger partial charge on any atom is 0.344 e. The van der Waals surface area contributed by atoms with Gasteiger partial charge in [0.05, 0.1) is 6.61 Å². The zero-order chi connectivity index (χ0) is 19.8. The van der Waals surface area contributed by atoms with E-state index in [1.54, 1.807) is 24.3 Å². The Morgan fingerprint density at radius 2 is 1.50 bits per heavy atom. The molecule has 0 heterocycles. The predicted molar refractivity (Wildman–Crippen MR) is 107 cm³/mol. The first-order valence-corrected chi connectivity index (χ1v) is 8.94. The number of nitrogens with one attached hydrogen (secondary N) is 1. The minimum absolute atomic E-state index is 0.312. The van der Waals surface area contributed by atoms with E-state index in [0.29, 0.717) is 23.8 Å².